The number of hydrogen-bond acceptors (Lipinski definition) is 4. The molecule has 0 aromatic heterocycles. The summed E-state index contributed by atoms with van der Waals surface area (Å²) in [7, 11) is 1.55. The highest BCUT2D eigenvalue weighted by Crippen LogP contribution is 2.37. The maximum Gasteiger partial charge on any atom is 0.131 e. The first-order chi connectivity index (χ1) is 10.1. The van der Waals surface area contributed by atoms with Gasteiger partial charge in [0, 0.05) is 43.9 Å². The van der Waals surface area contributed by atoms with Gasteiger partial charge in [0.05, 0.1) is 13.2 Å². The Kier molecular flexibility index (Phi) is 5.56. The van der Waals surface area contributed by atoms with E-state index in [1.54, 1.807) is 7.11 Å². The molecule has 0 aliphatic carbocycles. The van der Waals surface area contributed by atoms with Crippen LogP contribution in [-0.4, -0.2) is 37.8 Å². The summed E-state index contributed by atoms with van der Waals surface area (Å²) < 4.78 is 24.9. The monoisotopic (exact) mass is 296 g/mol. The normalized spacial score (nSPS) is 18.3. The predicted molar refractivity (Wildman–Crippen MR) is 80.9 cm³/mol. The molecule has 118 valence electrons. The third-order valence-corrected chi connectivity index (χ3v) is 3.86. The van der Waals surface area contributed by atoms with Gasteiger partial charge in [0.1, 0.15) is 11.6 Å². The Bertz CT molecular complexity index is 480. The van der Waals surface area contributed by atoms with E-state index in [4.69, 9.17) is 15.2 Å². The first-order valence-corrected chi connectivity index (χ1v) is 7.48. The molecule has 5 heteroatoms. The van der Waals surface area contributed by atoms with Crippen LogP contribution in [0, 0.1) is 5.82 Å². The zero-order valence-corrected chi connectivity index (χ0v) is 13.1. The lowest BCUT2D eigenvalue weighted by Gasteiger charge is -2.23. The highest BCUT2D eigenvalue weighted by Gasteiger charge is 2.31. The zero-order chi connectivity index (χ0) is 15.4. The number of rotatable bonds is 7. The smallest absolute Gasteiger partial charge is 0.131 e. The summed E-state index contributed by atoms with van der Waals surface area (Å²) in [5, 5.41) is 0. The largest absolute Gasteiger partial charge is 0.497 e. The fraction of sp³-hybridized carbons (Fsp3) is 0.625. The van der Waals surface area contributed by atoms with E-state index >= 15 is 0 Å². The topological polar surface area (TPSA) is 47.7 Å². The van der Waals surface area contributed by atoms with E-state index in [0.29, 0.717) is 25.4 Å². The highest BCUT2D eigenvalue weighted by molar-refractivity contribution is 5.41. The maximum atomic E-state index is 14.1. The molecule has 0 saturated heterocycles. The molecule has 1 aliphatic rings. The van der Waals surface area contributed by atoms with Crippen LogP contribution in [0.2, 0.25) is 0 Å². The second-order valence-corrected chi connectivity index (χ2v) is 5.67. The lowest BCUT2D eigenvalue weighted by atomic mass is 10.0. The lowest BCUT2D eigenvalue weighted by Crippen LogP contribution is -2.29. The van der Waals surface area contributed by atoms with Gasteiger partial charge in [0.2, 0.25) is 0 Å². The van der Waals surface area contributed by atoms with Gasteiger partial charge in [0.25, 0.3) is 0 Å². The Morgan fingerprint density at radius 2 is 2.19 bits per heavy atom. The highest BCUT2D eigenvalue weighted by atomic mass is 19.1. The molecule has 0 amide bonds. The average Bonchev–Trinajstić information content (AvgIpc) is 2.81. The SMILES string of the molecule is COc1cc(F)c2c(c1)C(CN)N(CCCOC(C)C)C2. The Morgan fingerprint density at radius 1 is 1.43 bits per heavy atom. The van der Waals surface area contributed by atoms with Gasteiger partial charge in [0.15, 0.2) is 0 Å². The number of ether oxygens (including phenoxy) is 2. The second-order valence-electron chi connectivity index (χ2n) is 5.67. The second kappa shape index (κ2) is 7.20. The van der Waals surface area contributed by atoms with Gasteiger partial charge in [-0.1, -0.05) is 0 Å². The van der Waals surface area contributed by atoms with Crippen molar-refractivity contribution >= 4 is 0 Å². The van der Waals surface area contributed by atoms with Crippen LogP contribution in [0.3, 0.4) is 0 Å². The summed E-state index contributed by atoms with van der Waals surface area (Å²) >= 11 is 0. The van der Waals surface area contributed by atoms with E-state index in [1.165, 1.54) is 6.07 Å². The van der Waals surface area contributed by atoms with Gasteiger partial charge in [-0.05, 0) is 31.9 Å². The summed E-state index contributed by atoms with van der Waals surface area (Å²) in [5.41, 5.74) is 7.60. The first-order valence-electron chi connectivity index (χ1n) is 7.48. The van der Waals surface area contributed by atoms with Crippen LogP contribution in [0.15, 0.2) is 12.1 Å². The number of benzene rings is 1. The van der Waals surface area contributed by atoms with E-state index < -0.39 is 0 Å². The van der Waals surface area contributed by atoms with Crippen molar-refractivity contribution in [3.63, 3.8) is 0 Å². The standard InChI is InChI=1S/C16H25FN2O2/c1-11(2)21-6-4-5-19-10-14-13(16(19)9-18)7-12(20-3)8-15(14)17/h7-8,11,16H,4-6,9-10,18H2,1-3H3. The minimum atomic E-state index is -0.205. The van der Waals surface area contributed by atoms with Gasteiger partial charge >= 0.3 is 0 Å². The van der Waals surface area contributed by atoms with E-state index in [9.17, 15) is 4.39 Å². The van der Waals surface area contributed by atoms with E-state index in [-0.39, 0.29) is 18.0 Å². The molecule has 0 spiro atoms. The Hall–Kier alpha value is -1.17. The fourth-order valence-electron chi connectivity index (χ4n) is 2.82. The van der Waals surface area contributed by atoms with Gasteiger partial charge in [-0.3, -0.25) is 4.90 Å². The van der Waals surface area contributed by atoms with Crippen molar-refractivity contribution in [2.45, 2.75) is 39.0 Å². The summed E-state index contributed by atoms with van der Waals surface area (Å²) in [5.74, 6) is 0.346. The lowest BCUT2D eigenvalue weighted by molar-refractivity contribution is 0.0675. The van der Waals surface area contributed by atoms with Crippen molar-refractivity contribution in [1.82, 2.24) is 4.90 Å². The molecule has 0 bridgehead atoms. The summed E-state index contributed by atoms with van der Waals surface area (Å²) in [6, 6.07) is 3.40. The third kappa shape index (κ3) is 3.73. The molecular formula is C16H25FN2O2. The zero-order valence-electron chi connectivity index (χ0n) is 13.1. The van der Waals surface area contributed by atoms with Gasteiger partial charge in [-0.25, -0.2) is 4.39 Å². The third-order valence-electron chi connectivity index (χ3n) is 3.86. The molecule has 0 saturated carbocycles. The molecule has 1 aliphatic heterocycles. The van der Waals surface area contributed by atoms with E-state index in [2.05, 4.69) is 4.90 Å². The van der Waals surface area contributed by atoms with Gasteiger partial charge in [-0.15, -0.1) is 0 Å². The Morgan fingerprint density at radius 3 is 2.81 bits per heavy atom. The minimum Gasteiger partial charge on any atom is -0.497 e. The molecular weight excluding hydrogens is 271 g/mol. The number of methoxy groups -OCH3 is 1. The van der Waals surface area contributed by atoms with Crippen LogP contribution < -0.4 is 10.5 Å². The van der Waals surface area contributed by atoms with Crippen molar-refractivity contribution in [1.29, 1.82) is 0 Å². The van der Waals surface area contributed by atoms with Crippen molar-refractivity contribution in [2.24, 2.45) is 5.73 Å². The maximum absolute atomic E-state index is 14.1. The number of halogens is 1. The molecule has 1 heterocycles. The molecule has 21 heavy (non-hydrogen) atoms. The first kappa shape index (κ1) is 16.2. The fourth-order valence-corrected chi connectivity index (χ4v) is 2.82. The Balaban J connectivity index is 2.05. The van der Waals surface area contributed by atoms with Crippen LogP contribution in [0.4, 0.5) is 4.39 Å². The number of nitrogens with two attached hydrogens (primary N) is 1. The molecule has 2 N–H and O–H groups in total. The van der Waals surface area contributed by atoms with Crippen LogP contribution in [-0.2, 0) is 11.3 Å². The molecule has 1 unspecified atom stereocenters. The van der Waals surface area contributed by atoms with E-state index in [1.807, 2.05) is 19.9 Å². The summed E-state index contributed by atoms with van der Waals surface area (Å²) in [6.07, 6.45) is 1.16. The number of nitrogens with zero attached hydrogens (tertiary/aromatic N) is 1. The number of hydrogen-bond donors (Lipinski definition) is 1. The van der Waals surface area contributed by atoms with Gasteiger partial charge < -0.3 is 15.2 Å². The van der Waals surface area contributed by atoms with Crippen molar-refractivity contribution in [3.8, 4) is 5.75 Å². The number of fused-ring (bicyclic) bond motifs is 1. The van der Waals surface area contributed by atoms with Crippen LogP contribution >= 0.6 is 0 Å². The molecule has 0 radical (unpaired) electrons. The van der Waals surface area contributed by atoms with Crippen molar-refractivity contribution < 1.29 is 13.9 Å². The van der Waals surface area contributed by atoms with Crippen molar-refractivity contribution in [3.05, 3.63) is 29.1 Å². The Labute approximate surface area is 126 Å². The van der Waals surface area contributed by atoms with Crippen LogP contribution in [0.25, 0.3) is 0 Å². The summed E-state index contributed by atoms with van der Waals surface area (Å²) in [4.78, 5) is 2.22. The molecule has 1 atom stereocenters. The summed E-state index contributed by atoms with van der Waals surface area (Å²) in [6.45, 7) is 6.70. The predicted octanol–water partition coefficient (Wildman–Crippen LogP) is 2.46. The molecule has 0 fully saturated rings. The van der Waals surface area contributed by atoms with Gasteiger partial charge in [-0.2, -0.15) is 0 Å². The molecule has 1 aromatic carbocycles. The molecule has 4 nitrogen and oxygen atoms in total. The van der Waals surface area contributed by atoms with Crippen molar-refractivity contribution in [2.75, 3.05) is 26.8 Å². The van der Waals surface area contributed by atoms with E-state index in [0.717, 1.165) is 24.1 Å². The molecule has 1 aromatic rings. The average molecular weight is 296 g/mol. The van der Waals surface area contributed by atoms with Crippen LogP contribution in [0.1, 0.15) is 37.4 Å². The van der Waals surface area contributed by atoms with Crippen LogP contribution in [0.5, 0.6) is 5.75 Å². The quantitative estimate of drug-likeness (QED) is 0.785. The minimum absolute atomic E-state index is 0.0589. The molecule has 2 rings (SSSR count).